The van der Waals surface area contributed by atoms with Gasteiger partial charge >= 0.3 is 0 Å². The molecular formula is C19H22N4O4S. The molecule has 1 saturated heterocycles. The van der Waals surface area contributed by atoms with E-state index in [2.05, 4.69) is 15.6 Å². The Labute approximate surface area is 164 Å². The van der Waals surface area contributed by atoms with Crippen LogP contribution >= 0.6 is 0 Å². The van der Waals surface area contributed by atoms with Crippen LogP contribution in [-0.4, -0.2) is 42.6 Å². The van der Waals surface area contributed by atoms with Gasteiger partial charge in [-0.25, -0.2) is 13.4 Å². The molecule has 0 aliphatic carbocycles. The predicted molar refractivity (Wildman–Crippen MR) is 105 cm³/mol. The van der Waals surface area contributed by atoms with Crippen LogP contribution in [-0.2, 0) is 19.6 Å². The first-order valence-corrected chi connectivity index (χ1v) is 10.4. The summed E-state index contributed by atoms with van der Waals surface area (Å²) < 4.78 is 27.2. The smallest absolute Gasteiger partial charge is 0.243 e. The minimum atomic E-state index is -3.72. The minimum Gasteiger partial charge on any atom is -0.326 e. The van der Waals surface area contributed by atoms with Crippen LogP contribution in [0.25, 0.3) is 0 Å². The Kier molecular flexibility index (Phi) is 6.05. The molecule has 148 valence electrons. The highest BCUT2D eigenvalue weighted by Crippen LogP contribution is 2.25. The summed E-state index contributed by atoms with van der Waals surface area (Å²) in [5.41, 5.74) is 0.526. The van der Waals surface area contributed by atoms with Crippen molar-refractivity contribution in [1.29, 1.82) is 0 Å². The zero-order chi connectivity index (χ0) is 20.1. The summed E-state index contributed by atoms with van der Waals surface area (Å²) in [6.45, 7) is 1.87. The maximum Gasteiger partial charge on any atom is 0.243 e. The second-order valence-corrected chi connectivity index (χ2v) is 8.55. The summed E-state index contributed by atoms with van der Waals surface area (Å²) in [5, 5.41) is 5.34. The quantitative estimate of drug-likeness (QED) is 0.796. The van der Waals surface area contributed by atoms with E-state index in [1.54, 1.807) is 36.5 Å². The van der Waals surface area contributed by atoms with Crippen molar-refractivity contribution in [2.75, 3.05) is 23.7 Å². The molecule has 1 aromatic carbocycles. The summed E-state index contributed by atoms with van der Waals surface area (Å²) in [6.07, 6.45) is 2.80. The summed E-state index contributed by atoms with van der Waals surface area (Å²) in [5.74, 6) is -0.460. The van der Waals surface area contributed by atoms with E-state index in [-0.39, 0.29) is 23.3 Å². The number of carbonyl (C=O) groups excluding carboxylic acids is 2. The maximum absolute atomic E-state index is 12.9. The summed E-state index contributed by atoms with van der Waals surface area (Å²) in [7, 11) is -3.72. The molecular weight excluding hydrogens is 380 g/mol. The van der Waals surface area contributed by atoms with Crippen LogP contribution in [0.3, 0.4) is 0 Å². The van der Waals surface area contributed by atoms with E-state index < -0.39 is 15.9 Å². The Morgan fingerprint density at radius 1 is 1.11 bits per heavy atom. The van der Waals surface area contributed by atoms with Gasteiger partial charge in [0.25, 0.3) is 0 Å². The lowest BCUT2D eigenvalue weighted by molar-refractivity contribution is -0.121. The molecule has 3 rings (SSSR count). The fourth-order valence-electron chi connectivity index (χ4n) is 3.10. The van der Waals surface area contributed by atoms with Crippen molar-refractivity contribution >= 4 is 33.3 Å². The molecule has 2 amide bonds. The molecule has 0 unspecified atom stereocenters. The fourth-order valence-corrected chi connectivity index (χ4v) is 4.63. The Morgan fingerprint density at radius 3 is 2.50 bits per heavy atom. The highest BCUT2D eigenvalue weighted by Gasteiger charge is 2.33. The van der Waals surface area contributed by atoms with Crippen LogP contribution in [0, 0.1) is 5.92 Å². The van der Waals surface area contributed by atoms with Gasteiger partial charge in [-0.05, 0) is 49.2 Å². The third kappa shape index (κ3) is 4.73. The lowest BCUT2D eigenvalue weighted by Crippen LogP contribution is -2.43. The van der Waals surface area contributed by atoms with Crippen molar-refractivity contribution in [2.24, 2.45) is 5.92 Å². The highest BCUT2D eigenvalue weighted by atomic mass is 32.2. The van der Waals surface area contributed by atoms with Gasteiger partial charge in [-0.2, -0.15) is 4.31 Å². The monoisotopic (exact) mass is 402 g/mol. The van der Waals surface area contributed by atoms with Gasteiger partial charge in [0.15, 0.2) is 0 Å². The van der Waals surface area contributed by atoms with E-state index >= 15 is 0 Å². The topological polar surface area (TPSA) is 108 Å². The van der Waals surface area contributed by atoms with Gasteiger partial charge in [-0.3, -0.25) is 9.59 Å². The van der Waals surface area contributed by atoms with E-state index in [4.69, 9.17) is 0 Å². The van der Waals surface area contributed by atoms with E-state index in [0.717, 1.165) is 0 Å². The Bertz CT molecular complexity index is 946. The molecule has 1 fully saturated rings. The summed E-state index contributed by atoms with van der Waals surface area (Å²) in [6, 6.07) is 11.2. The number of hydrogen-bond donors (Lipinski definition) is 2. The number of piperidine rings is 1. The average molecular weight is 402 g/mol. The number of nitrogens with one attached hydrogen (secondary N) is 2. The SMILES string of the molecule is CC(=O)Nc1ccc(S(=O)(=O)N2CCC[C@H](C(=O)Nc3ccccn3)C2)cc1. The highest BCUT2D eigenvalue weighted by molar-refractivity contribution is 7.89. The van der Waals surface area contributed by atoms with Gasteiger partial charge in [-0.1, -0.05) is 6.07 Å². The van der Waals surface area contributed by atoms with Crippen molar-refractivity contribution in [1.82, 2.24) is 9.29 Å². The van der Waals surface area contributed by atoms with Crippen LogP contribution in [0.4, 0.5) is 11.5 Å². The van der Waals surface area contributed by atoms with Gasteiger partial charge in [0.2, 0.25) is 21.8 Å². The molecule has 28 heavy (non-hydrogen) atoms. The molecule has 0 spiro atoms. The number of amides is 2. The van der Waals surface area contributed by atoms with E-state index in [0.29, 0.717) is 30.9 Å². The number of anilines is 2. The average Bonchev–Trinajstić information content (AvgIpc) is 2.69. The number of benzene rings is 1. The first-order valence-electron chi connectivity index (χ1n) is 8.96. The third-order valence-electron chi connectivity index (χ3n) is 4.48. The zero-order valence-corrected chi connectivity index (χ0v) is 16.3. The molecule has 8 nitrogen and oxygen atoms in total. The van der Waals surface area contributed by atoms with Crippen LogP contribution in [0.15, 0.2) is 53.6 Å². The van der Waals surface area contributed by atoms with Crippen LogP contribution in [0.5, 0.6) is 0 Å². The van der Waals surface area contributed by atoms with Crippen LogP contribution in [0.2, 0.25) is 0 Å². The van der Waals surface area contributed by atoms with Crippen molar-refractivity contribution in [3.05, 3.63) is 48.7 Å². The first-order chi connectivity index (χ1) is 13.4. The normalized spacial score (nSPS) is 17.7. The third-order valence-corrected chi connectivity index (χ3v) is 6.36. The number of carbonyl (C=O) groups is 2. The Hall–Kier alpha value is -2.78. The fraction of sp³-hybridized carbons (Fsp3) is 0.316. The molecule has 1 atom stereocenters. The predicted octanol–water partition coefficient (Wildman–Crippen LogP) is 2.08. The molecule has 2 N–H and O–H groups in total. The second kappa shape index (κ2) is 8.49. The van der Waals surface area contributed by atoms with Crippen molar-refractivity contribution in [3.8, 4) is 0 Å². The van der Waals surface area contributed by atoms with E-state index in [9.17, 15) is 18.0 Å². The van der Waals surface area contributed by atoms with Crippen LogP contribution < -0.4 is 10.6 Å². The second-order valence-electron chi connectivity index (χ2n) is 6.61. The van der Waals surface area contributed by atoms with Gasteiger partial charge in [0.05, 0.1) is 10.8 Å². The maximum atomic E-state index is 12.9. The number of sulfonamides is 1. The van der Waals surface area contributed by atoms with Gasteiger partial charge in [0, 0.05) is 31.9 Å². The molecule has 1 aliphatic heterocycles. The minimum absolute atomic E-state index is 0.119. The van der Waals surface area contributed by atoms with E-state index in [1.165, 1.54) is 23.4 Å². The molecule has 9 heteroatoms. The summed E-state index contributed by atoms with van der Waals surface area (Å²) in [4.78, 5) is 27.8. The van der Waals surface area contributed by atoms with Crippen molar-refractivity contribution in [2.45, 2.75) is 24.7 Å². The molecule has 0 radical (unpaired) electrons. The molecule has 2 aromatic rings. The van der Waals surface area contributed by atoms with Gasteiger partial charge in [-0.15, -0.1) is 0 Å². The van der Waals surface area contributed by atoms with E-state index in [1.807, 2.05) is 0 Å². The van der Waals surface area contributed by atoms with Gasteiger partial charge in [0.1, 0.15) is 5.82 Å². The molecule has 0 bridgehead atoms. The Morgan fingerprint density at radius 2 is 1.86 bits per heavy atom. The lowest BCUT2D eigenvalue weighted by atomic mass is 9.99. The Balaban J connectivity index is 1.70. The molecule has 1 aliphatic rings. The van der Waals surface area contributed by atoms with Crippen LogP contribution in [0.1, 0.15) is 19.8 Å². The zero-order valence-electron chi connectivity index (χ0n) is 15.5. The molecule has 0 saturated carbocycles. The number of hydrogen-bond acceptors (Lipinski definition) is 5. The van der Waals surface area contributed by atoms with Gasteiger partial charge < -0.3 is 10.6 Å². The van der Waals surface area contributed by atoms with Crippen molar-refractivity contribution in [3.63, 3.8) is 0 Å². The number of aromatic nitrogens is 1. The molecule has 1 aromatic heterocycles. The largest absolute Gasteiger partial charge is 0.326 e. The standard InChI is InChI=1S/C19H22N4O4S/c1-14(24)21-16-7-9-17(10-8-16)28(26,27)23-12-4-5-15(13-23)19(25)22-18-6-2-3-11-20-18/h2-3,6-11,15H,4-5,12-13H2,1H3,(H,21,24)(H,20,22,25)/t15-/m0/s1. The summed E-state index contributed by atoms with van der Waals surface area (Å²) >= 11 is 0. The molecule has 2 heterocycles. The number of pyridine rings is 1. The van der Waals surface area contributed by atoms with Crippen molar-refractivity contribution < 1.29 is 18.0 Å². The lowest BCUT2D eigenvalue weighted by Gasteiger charge is -2.31. The number of nitrogens with zero attached hydrogens (tertiary/aromatic N) is 2. The first kappa shape index (κ1) is 20.0. The number of rotatable bonds is 5.